The molecule has 1 amide bonds. The average Bonchev–Trinajstić information content (AvgIpc) is 2.46. The number of benzene rings is 1. The molecule has 2 rings (SSSR count). The molecule has 1 aromatic heterocycles. The Morgan fingerprint density at radius 1 is 1.25 bits per heavy atom. The summed E-state index contributed by atoms with van der Waals surface area (Å²) in [5.41, 5.74) is 2.95. The van der Waals surface area contributed by atoms with Gasteiger partial charge in [0, 0.05) is 12.3 Å². The predicted molar refractivity (Wildman–Crippen MR) is 81.7 cm³/mol. The van der Waals surface area contributed by atoms with Crippen LogP contribution in [0.25, 0.3) is 0 Å². The second kappa shape index (κ2) is 8.06. The normalized spacial score (nSPS) is 9.30. The third-order valence-corrected chi connectivity index (χ3v) is 2.60. The lowest BCUT2D eigenvalue weighted by Crippen LogP contribution is -2.34. The summed E-state index contributed by atoms with van der Waals surface area (Å²) in [7, 11) is 0. The first-order valence-corrected chi connectivity index (χ1v) is 6.72. The van der Waals surface area contributed by atoms with Crippen LogP contribution in [0.15, 0.2) is 47.4 Å². The summed E-state index contributed by atoms with van der Waals surface area (Å²) < 4.78 is 1.17. The zero-order valence-corrected chi connectivity index (χ0v) is 12.2. The van der Waals surface area contributed by atoms with E-state index in [-0.39, 0.29) is 22.7 Å². The summed E-state index contributed by atoms with van der Waals surface area (Å²) in [6, 6.07) is 10.5. The maximum atomic E-state index is 11.8. The molecule has 0 saturated heterocycles. The Bertz CT molecular complexity index is 634. The third-order valence-electron chi connectivity index (χ3n) is 2.30. The molecule has 6 heteroatoms. The van der Waals surface area contributed by atoms with E-state index in [4.69, 9.17) is 12.2 Å². The highest BCUT2D eigenvalue weighted by molar-refractivity contribution is 7.71. The first kappa shape index (κ1) is 15.8. The van der Waals surface area contributed by atoms with Gasteiger partial charge in [-0.3, -0.25) is 15.0 Å². The molecular weight excluding hydrogens is 274 g/mol. The van der Waals surface area contributed by atoms with Gasteiger partial charge >= 0.3 is 0 Å². The van der Waals surface area contributed by atoms with Gasteiger partial charge in [-0.1, -0.05) is 44.2 Å². The van der Waals surface area contributed by atoms with Crippen molar-refractivity contribution in [3.63, 3.8) is 0 Å². The number of H-pyrrole nitrogens is 1. The van der Waals surface area contributed by atoms with Crippen molar-refractivity contribution in [1.29, 1.82) is 0 Å². The van der Waals surface area contributed by atoms with Crippen LogP contribution in [0.2, 0.25) is 0 Å². The number of rotatable bonds is 3. The van der Waals surface area contributed by atoms with Crippen LogP contribution >= 0.6 is 12.2 Å². The number of aromatic nitrogens is 2. The van der Waals surface area contributed by atoms with Crippen molar-refractivity contribution in [2.75, 3.05) is 5.43 Å². The number of amides is 1. The molecule has 5 nitrogen and oxygen atoms in total. The first-order valence-electron chi connectivity index (χ1n) is 6.31. The van der Waals surface area contributed by atoms with Gasteiger partial charge in [0.25, 0.3) is 5.56 Å². The Kier molecular flexibility index (Phi) is 6.39. The van der Waals surface area contributed by atoms with Gasteiger partial charge in [-0.05, 0) is 17.8 Å². The van der Waals surface area contributed by atoms with Gasteiger partial charge in [0.2, 0.25) is 5.91 Å². The van der Waals surface area contributed by atoms with E-state index in [1.165, 1.54) is 12.3 Å². The summed E-state index contributed by atoms with van der Waals surface area (Å²) in [5, 5.41) is 0. The van der Waals surface area contributed by atoms with Crippen LogP contribution < -0.4 is 11.0 Å². The highest BCUT2D eigenvalue weighted by Gasteiger charge is 2.05. The van der Waals surface area contributed by atoms with Crippen LogP contribution in [-0.2, 0) is 11.2 Å². The first-order chi connectivity index (χ1) is 9.66. The quantitative estimate of drug-likeness (QED) is 0.852. The Morgan fingerprint density at radius 3 is 2.50 bits per heavy atom. The molecule has 1 heterocycles. The lowest BCUT2D eigenvalue weighted by Gasteiger charge is -2.07. The van der Waals surface area contributed by atoms with Crippen molar-refractivity contribution >= 4 is 18.1 Å². The topological polar surface area (TPSA) is 66.9 Å². The van der Waals surface area contributed by atoms with Crippen molar-refractivity contribution in [1.82, 2.24) is 9.66 Å². The summed E-state index contributed by atoms with van der Waals surface area (Å²) in [4.78, 5) is 25.9. The molecule has 2 N–H and O–H groups in total. The molecule has 20 heavy (non-hydrogen) atoms. The summed E-state index contributed by atoms with van der Waals surface area (Å²) in [5.74, 6) is -0.297. The van der Waals surface area contributed by atoms with Gasteiger partial charge < -0.3 is 4.98 Å². The van der Waals surface area contributed by atoms with Crippen LogP contribution in [0.1, 0.15) is 19.4 Å². The van der Waals surface area contributed by atoms with Crippen LogP contribution in [-0.4, -0.2) is 15.6 Å². The van der Waals surface area contributed by atoms with E-state index in [0.717, 1.165) is 10.2 Å². The Hall–Kier alpha value is -2.21. The minimum absolute atomic E-state index is 0.156. The molecule has 0 unspecified atom stereocenters. The Balaban J connectivity index is 0.000000956. The molecule has 0 aliphatic heterocycles. The number of nitrogens with one attached hydrogen (secondary N) is 2. The fourth-order valence-electron chi connectivity index (χ4n) is 1.47. The van der Waals surface area contributed by atoms with Gasteiger partial charge in [-0.2, -0.15) is 4.68 Å². The molecule has 106 valence electrons. The van der Waals surface area contributed by atoms with E-state index in [1.807, 2.05) is 44.2 Å². The molecule has 0 bridgehead atoms. The number of hydrogen-bond acceptors (Lipinski definition) is 3. The van der Waals surface area contributed by atoms with Crippen LogP contribution in [0.5, 0.6) is 0 Å². The van der Waals surface area contributed by atoms with E-state index in [9.17, 15) is 9.59 Å². The van der Waals surface area contributed by atoms with Gasteiger partial charge in [0.1, 0.15) is 0 Å². The molecule has 0 radical (unpaired) electrons. The number of hydrogen-bond donors (Lipinski definition) is 2. The molecule has 0 spiro atoms. The second-order valence-corrected chi connectivity index (χ2v) is 4.04. The zero-order valence-electron chi connectivity index (χ0n) is 11.4. The molecule has 0 atom stereocenters. The lowest BCUT2D eigenvalue weighted by molar-refractivity contribution is -0.116. The molecule has 0 aliphatic carbocycles. The SMILES string of the molecule is CC.O=C(Cc1ccccc1)Nn1c(=O)cc[nH]c1=S. The third kappa shape index (κ3) is 4.47. The van der Waals surface area contributed by atoms with E-state index in [1.54, 1.807) is 0 Å². The molecule has 2 aromatic rings. The van der Waals surface area contributed by atoms with Gasteiger partial charge in [0.15, 0.2) is 4.77 Å². The van der Waals surface area contributed by atoms with Crippen molar-refractivity contribution in [2.45, 2.75) is 20.3 Å². The van der Waals surface area contributed by atoms with E-state index in [0.29, 0.717) is 0 Å². The lowest BCUT2D eigenvalue weighted by atomic mass is 10.1. The maximum absolute atomic E-state index is 11.8. The fourth-order valence-corrected chi connectivity index (χ4v) is 1.68. The summed E-state index contributed by atoms with van der Waals surface area (Å²) in [6.45, 7) is 4.00. The van der Waals surface area contributed by atoms with Crippen molar-refractivity contribution in [3.05, 3.63) is 63.3 Å². The smallest absolute Gasteiger partial charge is 0.273 e. The standard InChI is InChI=1S/C12H11N3O2S.C2H6/c16-10(8-9-4-2-1-3-5-9)14-15-11(17)6-7-13-12(15)18;1-2/h1-7H,8H2,(H,13,18)(H,14,16);1-2H3. The summed E-state index contributed by atoms with van der Waals surface area (Å²) >= 11 is 4.92. The number of carbonyl (C=O) groups excluding carboxylic acids is 1. The van der Waals surface area contributed by atoms with Crippen LogP contribution in [0.3, 0.4) is 0 Å². The molecule has 0 saturated carbocycles. The van der Waals surface area contributed by atoms with Crippen LogP contribution in [0.4, 0.5) is 0 Å². The van der Waals surface area contributed by atoms with Gasteiger partial charge in [-0.25, -0.2) is 0 Å². The largest absolute Gasteiger partial charge is 0.337 e. The number of nitrogens with zero attached hydrogens (tertiary/aromatic N) is 1. The highest BCUT2D eigenvalue weighted by atomic mass is 32.1. The van der Waals surface area contributed by atoms with Crippen molar-refractivity contribution in [3.8, 4) is 0 Å². The van der Waals surface area contributed by atoms with Gasteiger partial charge in [-0.15, -0.1) is 0 Å². The summed E-state index contributed by atoms with van der Waals surface area (Å²) in [6.07, 6.45) is 1.63. The van der Waals surface area contributed by atoms with Gasteiger partial charge in [0.05, 0.1) is 6.42 Å². The Morgan fingerprint density at radius 2 is 1.90 bits per heavy atom. The second-order valence-electron chi connectivity index (χ2n) is 3.65. The van der Waals surface area contributed by atoms with Crippen molar-refractivity contribution in [2.24, 2.45) is 0 Å². The molecular formula is C14H17N3O2S. The number of carbonyl (C=O) groups is 1. The Labute approximate surface area is 122 Å². The van der Waals surface area contributed by atoms with Crippen molar-refractivity contribution < 1.29 is 4.79 Å². The molecule has 1 aromatic carbocycles. The zero-order chi connectivity index (χ0) is 15.0. The fraction of sp³-hybridized carbons (Fsp3) is 0.214. The predicted octanol–water partition coefficient (Wildman–Crippen LogP) is 2.24. The number of aromatic amines is 1. The van der Waals surface area contributed by atoms with Crippen LogP contribution in [0, 0.1) is 4.77 Å². The highest BCUT2D eigenvalue weighted by Crippen LogP contribution is 1.99. The molecule has 0 aliphatic rings. The monoisotopic (exact) mass is 291 g/mol. The van der Waals surface area contributed by atoms with E-state index < -0.39 is 0 Å². The maximum Gasteiger partial charge on any atom is 0.273 e. The van der Waals surface area contributed by atoms with E-state index >= 15 is 0 Å². The van der Waals surface area contributed by atoms with E-state index in [2.05, 4.69) is 10.4 Å². The minimum atomic E-state index is -0.375. The molecule has 0 fully saturated rings. The minimum Gasteiger partial charge on any atom is -0.337 e. The average molecular weight is 291 g/mol.